The van der Waals surface area contributed by atoms with Crippen LogP contribution >= 0.6 is 0 Å². The first-order chi connectivity index (χ1) is 9.08. The fourth-order valence-electron chi connectivity index (χ4n) is 2.45. The lowest BCUT2D eigenvalue weighted by Gasteiger charge is -2.39. The SMILES string of the molecule is CCCC(CN)N1CCN(C(=O)COC(C)C)CC1. The third-order valence-corrected chi connectivity index (χ3v) is 3.62. The molecule has 1 unspecified atom stereocenters. The van der Waals surface area contributed by atoms with E-state index in [0.717, 1.165) is 39.0 Å². The van der Waals surface area contributed by atoms with Crippen molar-refractivity contribution in [3.63, 3.8) is 0 Å². The average Bonchev–Trinajstić information content (AvgIpc) is 2.42. The fraction of sp³-hybridized carbons (Fsp3) is 0.929. The number of carbonyl (C=O) groups excluding carboxylic acids is 1. The van der Waals surface area contributed by atoms with Crippen LogP contribution in [-0.2, 0) is 9.53 Å². The maximum Gasteiger partial charge on any atom is 0.248 e. The molecular formula is C14H29N3O2. The number of hydrogen-bond donors (Lipinski definition) is 1. The molecule has 1 heterocycles. The predicted molar refractivity (Wildman–Crippen MR) is 77.0 cm³/mol. The molecule has 0 radical (unpaired) electrons. The maximum absolute atomic E-state index is 11.9. The van der Waals surface area contributed by atoms with E-state index in [0.29, 0.717) is 12.6 Å². The first-order valence-corrected chi connectivity index (χ1v) is 7.42. The lowest BCUT2D eigenvalue weighted by molar-refractivity contribution is -0.139. The standard InChI is InChI=1S/C14H29N3O2/c1-4-5-13(10-15)16-6-8-17(9-7-16)14(18)11-19-12(2)3/h12-13H,4-11,15H2,1-3H3. The summed E-state index contributed by atoms with van der Waals surface area (Å²) in [5.74, 6) is 0.105. The summed E-state index contributed by atoms with van der Waals surface area (Å²) >= 11 is 0. The number of rotatable bonds is 7. The molecule has 1 rings (SSSR count). The molecule has 5 heteroatoms. The van der Waals surface area contributed by atoms with Gasteiger partial charge in [-0.3, -0.25) is 9.69 Å². The van der Waals surface area contributed by atoms with Crippen LogP contribution in [0, 0.1) is 0 Å². The minimum Gasteiger partial charge on any atom is -0.369 e. The molecule has 1 atom stereocenters. The number of nitrogens with zero attached hydrogens (tertiary/aromatic N) is 2. The van der Waals surface area contributed by atoms with Crippen molar-refractivity contribution in [3.05, 3.63) is 0 Å². The van der Waals surface area contributed by atoms with Crippen molar-refractivity contribution in [2.75, 3.05) is 39.3 Å². The minimum absolute atomic E-state index is 0.105. The number of piperazine rings is 1. The second kappa shape index (κ2) is 8.51. The molecule has 1 amide bonds. The molecule has 5 nitrogen and oxygen atoms in total. The summed E-state index contributed by atoms with van der Waals surface area (Å²) in [6.45, 7) is 10.4. The number of nitrogens with two attached hydrogens (primary N) is 1. The van der Waals surface area contributed by atoms with Crippen LogP contribution in [0.5, 0.6) is 0 Å². The molecule has 19 heavy (non-hydrogen) atoms. The van der Waals surface area contributed by atoms with Crippen LogP contribution in [0.25, 0.3) is 0 Å². The molecule has 0 spiro atoms. The first kappa shape index (κ1) is 16.4. The van der Waals surface area contributed by atoms with Gasteiger partial charge in [0.25, 0.3) is 0 Å². The van der Waals surface area contributed by atoms with Gasteiger partial charge in [-0.1, -0.05) is 13.3 Å². The van der Waals surface area contributed by atoms with Gasteiger partial charge in [-0.2, -0.15) is 0 Å². The van der Waals surface area contributed by atoms with E-state index in [1.807, 2.05) is 18.7 Å². The van der Waals surface area contributed by atoms with Crippen LogP contribution in [0.3, 0.4) is 0 Å². The van der Waals surface area contributed by atoms with E-state index in [4.69, 9.17) is 10.5 Å². The van der Waals surface area contributed by atoms with Crippen LogP contribution in [0.1, 0.15) is 33.6 Å². The zero-order chi connectivity index (χ0) is 14.3. The highest BCUT2D eigenvalue weighted by molar-refractivity contribution is 5.77. The fourth-order valence-corrected chi connectivity index (χ4v) is 2.45. The van der Waals surface area contributed by atoms with Gasteiger partial charge in [-0.15, -0.1) is 0 Å². The van der Waals surface area contributed by atoms with Crippen molar-refractivity contribution in [1.82, 2.24) is 9.80 Å². The molecule has 0 aliphatic carbocycles. The van der Waals surface area contributed by atoms with Crippen molar-refractivity contribution in [1.29, 1.82) is 0 Å². The summed E-state index contributed by atoms with van der Waals surface area (Å²) in [4.78, 5) is 16.2. The van der Waals surface area contributed by atoms with E-state index >= 15 is 0 Å². The largest absolute Gasteiger partial charge is 0.369 e. The molecular weight excluding hydrogens is 242 g/mol. The molecule has 1 aliphatic heterocycles. The Balaban J connectivity index is 2.33. The Kier molecular flexibility index (Phi) is 7.34. The quantitative estimate of drug-likeness (QED) is 0.740. The van der Waals surface area contributed by atoms with Gasteiger partial charge in [0.05, 0.1) is 6.10 Å². The zero-order valence-corrected chi connectivity index (χ0v) is 12.6. The van der Waals surface area contributed by atoms with Crippen molar-refractivity contribution in [2.45, 2.75) is 45.8 Å². The van der Waals surface area contributed by atoms with Crippen molar-refractivity contribution >= 4 is 5.91 Å². The van der Waals surface area contributed by atoms with Gasteiger partial charge < -0.3 is 15.4 Å². The van der Waals surface area contributed by atoms with Gasteiger partial charge in [0.15, 0.2) is 0 Å². The predicted octanol–water partition coefficient (Wildman–Crippen LogP) is 0.683. The van der Waals surface area contributed by atoms with Gasteiger partial charge in [-0.25, -0.2) is 0 Å². The maximum atomic E-state index is 11.9. The number of amides is 1. The lowest BCUT2D eigenvalue weighted by atomic mass is 10.1. The van der Waals surface area contributed by atoms with E-state index in [1.54, 1.807) is 0 Å². The summed E-state index contributed by atoms with van der Waals surface area (Å²) in [7, 11) is 0. The van der Waals surface area contributed by atoms with Crippen LogP contribution < -0.4 is 5.73 Å². The smallest absolute Gasteiger partial charge is 0.248 e. The molecule has 0 aromatic heterocycles. The Morgan fingerprint density at radius 2 is 1.89 bits per heavy atom. The zero-order valence-electron chi connectivity index (χ0n) is 12.6. The molecule has 0 bridgehead atoms. The summed E-state index contributed by atoms with van der Waals surface area (Å²) in [6.07, 6.45) is 2.40. The summed E-state index contributed by atoms with van der Waals surface area (Å²) in [5, 5.41) is 0. The average molecular weight is 271 g/mol. The molecule has 1 saturated heterocycles. The first-order valence-electron chi connectivity index (χ1n) is 7.42. The molecule has 2 N–H and O–H groups in total. The number of carbonyl (C=O) groups is 1. The van der Waals surface area contributed by atoms with E-state index in [-0.39, 0.29) is 18.6 Å². The van der Waals surface area contributed by atoms with E-state index in [1.165, 1.54) is 0 Å². The normalized spacial score (nSPS) is 18.9. The second-order valence-electron chi connectivity index (χ2n) is 5.45. The van der Waals surface area contributed by atoms with Crippen LogP contribution in [-0.4, -0.2) is 67.2 Å². The highest BCUT2D eigenvalue weighted by Crippen LogP contribution is 2.10. The topological polar surface area (TPSA) is 58.8 Å². The Morgan fingerprint density at radius 3 is 2.37 bits per heavy atom. The van der Waals surface area contributed by atoms with E-state index in [9.17, 15) is 4.79 Å². The van der Waals surface area contributed by atoms with Gasteiger partial charge in [0, 0.05) is 38.8 Å². The molecule has 0 saturated carbocycles. The second-order valence-corrected chi connectivity index (χ2v) is 5.45. The van der Waals surface area contributed by atoms with Gasteiger partial charge in [-0.05, 0) is 20.3 Å². The monoisotopic (exact) mass is 271 g/mol. The van der Waals surface area contributed by atoms with E-state index in [2.05, 4.69) is 11.8 Å². The van der Waals surface area contributed by atoms with Gasteiger partial charge in [0.2, 0.25) is 5.91 Å². The highest BCUT2D eigenvalue weighted by Gasteiger charge is 2.24. The minimum atomic E-state index is 0.105. The summed E-state index contributed by atoms with van der Waals surface area (Å²) in [6, 6.07) is 0.467. The molecule has 112 valence electrons. The summed E-state index contributed by atoms with van der Waals surface area (Å²) < 4.78 is 5.37. The Hall–Kier alpha value is -0.650. The van der Waals surface area contributed by atoms with Crippen LogP contribution in [0.4, 0.5) is 0 Å². The Morgan fingerprint density at radius 1 is 1.26 bits per heavy atom. The van der Waals surface area contributed by atoms with Gasteiger partial charge in [0.1, 0.15) is 6.61 Å². The molecule has 1 fully saturated rings. The molecule has 0 aromatic carbocycles. The third-order valence-electron chi connectivity index (χ3n) is 3.62. The highest BCUT2D eigenvalue weighted by atomic mass is 16.5. The molecule has 1 aliphatic rings. The Bertz CT molecular complexity index is 263. The lowest BCUT2D eigenvalue weighted by Crippen LogP contribution is -2.54. The summed E-state index contributed by atoms with van der Waals surface area (Å²) in [5.41, 5.74) is 5.82. The third kappa shape index (κ3) is 5.47. The van der Waals surface area contributed by atoms with Crippen molar-refractivity contribution in [2.24, 2.45) is 5.73 Å². The molecule has 0 aromatic rings. The number of ether oxygens (including phenoxy) is 1. The number of hydrogen-bond acceptors (Lipinski definition) is 4. The van der Waals surface area contributed by atoms with Gasteiger partial charge >= 0.3 is 0 Å². The van der Waals surface area contributed by atoms with Crippen LogP contribution in [0.2, 0.25) is 0 Å². The van der Waals surface area contributed by atoms with Crippen molar-refractivity contribution < 1.29 is 9.53 Å². The van der Waals surface area contributed by atoms with Crippen LogP contribution in [0.15, 0.2) is 0 Å². The Labute approximate surface area is 117 Å². The van der Waals surface area contributed by atoms with Crippen molar-refractivity contribution in [3.8, 4) is 0 Å². The van der Waals surface area contributed by atoms with E-state index < -0.39 is 0 Å².